The van der Waals surface area contributed by atoms with E-state index in [4.69, 9.17) is 4.52 Å². The molecule has 0 bridgehead atoms. The van der Waals surface area contributed by atoms with Gasteiger partial charge in [-0.1, -0.05) is 42.6 Å². The number of hydrogen-bond acceptors (Lipinski definition) is 4. The summed E-state index contributed by atoms with van der Waals surface area (Å²) in [6.45, 7) is 1.69. The molecule has 0 saturated heterocycles. The number of amides is 1. The van der Waals surface area contributed by atoms with Crippen LogP contribution < -0.4 is 0 Å². The van der Waals surface area contributed by atoms with Gasteiger partial charge in [-0.25, -0.2) is 4.98 Å². The summed E-state index contributed by atoms with van der Waals surface area (Å²) in [6.07, 6.45) is 0.565. The van der Waals surface area contributed by atoms with Crippen molar-refractivity contribution in [3.8, 4) is 11.3 Å². The third-order valence-electron chi connectivity index (χ3n) is 5.80. The predicted octanol–water partition coefficient (Wildman–Crippen LogP) is 5.62. The number of halogens is 3. The van der Waals surface area contributed by atoms with Gasteiger partial charge < -0.3 is 9.42 Å². The standard InChI is InChI=1S/C22H22F3N3O2/c1-13-19-16(21(29)28(2)14-8-4-3-5-9-14)12-18(26-20(19)30-27-13)15-10-6-7-11-17(15)22(23,24)25/h6-7,10-12,14H,3-5,8-9H2,1-2H3. The molecule has 2 aromatic heterocycles. The molecule has 4 rings (SSSR count). The fraction of sp³-hybridized carbons (Fsp3) is 0.409. The van der Waals surface area contributed by atoms with Gasteiger partial charge in [0.2, 0.25) is 0 Å². The molecule has 0 N–H and O–H groups in total. The van der Waals surface area contributed by atoms with Crippen LogP contribution in [0.1, 0.15) is 53.7 Å². The van der Waals surface area contributed by atoms with Crippen molar-refractivity contribution >= 4 is 17.0 Å². The van der Waals surface area contributed by atoms with Gasteiger partial charge in [-0.05, 0) is 31.9 Å². The van der Waals surface area contributed by atoms with E-state index < -0.39 is 11.7 Å². The van der Waals surface area contributed by atoms with E-state index in [0.29, 0.717) is 11.1 Å². The molecule has 0 atom stereocenters. The van der Waals surface area contributed by atoms with Crippen LogP contribution >= 0.6 is 0 Å². The molecular weight excluding hydrogens is 395 g/mol. The van der Waals surface area contributed by atoms with E-state index in [9.17, 15) is 18.0 Å². The maximum Gasteiger partial charge on any atom is 0.417 e. The lowest BCUT2D eigenvalue weighted by atomic mass is 9.93. The van der Waals surface area contributed by atoms with Crippen LogP contribution in [0, 0.1) is 6.92 Å². The number of alkyl halides is 3. The van der Waals surface area contributed by atoms with Crippen LogP contribution in [0.15, 0.2) is 34.9 Å². The maximum atomic E-state index is 13.5. The van der Waals surface area contributed by atoms with Crippen molar-refractivity contribution in [2.24, 2.45) is 0 Å². The molecule has 2 heterocycles. The van der Waals surface area contributed by atoms with E-state index in [1.165, 1.54) is 24.3 Å². The summed E-state index contributed by atoms with van der Waals surface area (Å²) < 4.78 is 45.9. The highest BCUT2D eigenvalue weighted by molar-refractivity contribution is 6.07. The van der Waals surface area contributed by atoms with Crippen molar-refractivity contribution in [1.29, 1.82) is 0 Å². The lowest BCUT2D eigenvalue weighted by Crippen LogP contribution is -2.38. The van der Waals surface area contributed by atoms with Crippen molar-refractivity contribution in [3.05, 3.63) is 47.2 Å². The van der Waals surface area contributed by atoms with Crippen molar-refractivity contribution in [2.75, 3.05) is 7.05 Å². The van der Waals surface area contributed by atoms with Crippen LogP contribution in [0.4, 0.5) is 13.2 Å². The van der Waals surface area contributed by atoms with Gasteiger partial charge in [-0.2, -0.15) is 13.2 Å². The van der Waals surface area contributed by atoms with Gasteiger partial charge in [0.25, 0.3) is 11.6 Å². The average molecular weight is 417 g/mol. The van der Waals surface area contributed by atoms with E-state index in [1.807, 2.05) is 0 Å². The second-order valence-corrected chi connectivity index (χ2v) is 7.75. The van der Waals surface area contributed by atoms with Gasteiger partial charge in [0.1, 0.15) is 0 Å². The summed E-state index contributed by atoms with van der Waals surface area (Å²) in [5, 5.41) is 4.33. The molecule has 1 aromatic carbocycles. The van der Waals surface area contributed by atoms with Crippen molar-refractivity contribution < 1.29 is 22.5 Å². The fourth-order valence-corrected chi connectivity index (χ4v) is 4.18. The molecule has 0 spiro atoms. The maximum absolute atomic E-state index is 13.5. The fourth-order valence-electron chi connectivity index (χ4n) is 4.18. The zero-order chi connectivity index (χ0) is 21.5. The lowest BCUT2D eigenvalue weighted by molar-refractivity contribution is -0.137. The Labute approximate surface area is 171 Å². The Balaban J connectivity index is 1.85. The number of hydrogen-bond donors (Lipinski definition) is 0. The number of aromatic nitrogens is 2. The van der Waals surface area contributed by atoms with Gasteiger partial charge in [0.15, 0.2) is 0 Å². The summed E-state index contributed by atoms with van der Waals surface area (Å²) in [6, 6.07) is 6.73. The van der Waals surface area contributed by atoms with E-state index >= 15 is 0 Å². The Morgan fingerprint density at radius 3 is 2.57 bits per heavy atom. The Kier molecular flexibility index (Phi) is 5.26. The van der Waals surface area contributed by atoms with E-state index in [1.54, 1.807) is 18.9 Å². The molecule has 0 unspecified atom stereocenters. The Morgan fingerprint density at radius 1 is 1.17 bits per heavy atom. The van der Waals surface area contributed by atoms with Gasteiger partial charge in [0, 0.05) is 18.7 Å². The highest BCUT2D eigenvalue weighted by atomic mass is 19.4. The second kappa shape index (κ2) is 7.74. The molecule has 5 nitrogen and oxygen atoms in total. The monoisotopic (exact) mass is 417 g/mol. The van der Waals surface area contributed by atoms with Gasteiger partial charge in [-0.15, -0.1) is 0 Å². The Morgan fingerprint density at radius 2 is 1.87 bits per heavy atom. The number of pyridine rings is 1. The van der Waals surface area contributed by atoms with Gasteiger partial charge in [0.05, 0.1) is 27.9 Å². The van der Waals surface area contributed by atoms with Crippen molar-refractivity contribution in [1.82, 2.24) is 15.0 Å². The molecule has 1 amide bonds. The number of fused-ring (bicyclic) bond motifs is 1. The molecular formula is C22H22F3N3O2. The average Bonchev–Trinajstić information content (AvgIpc) is 3.13. The van der Waals surface area contributed by atoms with E-state index in [-0.39, 0.29) is 34.5 Å². The third kappa shape index (κ3) is 3.66. The highest BCUT2D eigenvalue weighted by Gasteiger charge is 2.34. The predicted molar refractivity (Wildman–Crippen MR) is 106 cm³/mol. The second-order valence-electron chi connectivity index (χ2n) is 7.75. The van der Waals surface area contributed by atoms with Crippen molar-refractivity contribution in [3.63, 3.8) is 0 Å². The number of carbonyl (C=O) groups is 1. The van der Waals surface area contributed by atoms with Crippen molar-refractivity contribution in [2.45, 2.75) is 51.2 Å². The number of carbonyl (C=O) groups excluding carboxylic acids is 1. The van der Waals surface area contributed by atoms with Crippen LogP contribution in [-0.4, -0.2) is 34.0 Å². The summed E-state index contributed by atoms with van der Waals surface area (Å²) in [4.78, 5) is 19.3. The molecule has 158 valence electrons. The quantitative estimate of drug-likeness (QED) is 0.555. The van der Waals surface area contributed by atoms with Crippen LogP contribution in [0.25, 0.3) is 22.4 Å². The Bertz CT molecular complexity index is 1080. The largest absolute Gasteiger partial charge is 0.417 e. The molecule has 30 heavy (non-hydrogen) atoms. The zero-order valence-corrected chi connectivity index (χ0v) is 16.8. The zero-order valence-electron chi connectivity index (χ0n) is 16.8. The topological polar surface area (TPSA) is 59.2 Å². The first-order valence-electron chi connectivity index (χ1n) is 9.98. The van der Waals surface area contributed by atoms with Gasteiger partial charge >= 0.3 is 6.18 Å². The third-order valence-corrected chi connectivity index (χ3v) is 5.80. The molecule has 8 heteroatoms. The summed E-state index contributed by atoms with van der Waals surface area (Å²) in [5.74, 6) is -0.258. The summed E-state index contributed by atoms with van der Waals surface area (Å²) in [5.41, 5.74) is -0.0795. The first kappa shape index (κ1) is 20.4. The molecule has 0 aliphatic heterocycles. The van der Waals surface area contributed by atoms with Crippen LogP contribution in [0.3, 0.4) is 0 Å². The molecule has 1 fully saturated rings. The Hall–Kier alpha value is -2.90. The first-order valence-corrected chi connectivity index (χ1v) is 9.98. The minimum atomic E-state index is -4.55. The van der Waals surface area contributed by atoms with Gasteiger partial charge in [-0.3, -0.25) is 4.79 Å². The number of benzene rings is 1. The van der Waals surface area contributed by atoms with Crippen LogP contribution in [0.5, 0.6) is 0 Å². The van der Waals surface area contributed by atoms with E-state index in [2.05, 4.69) is 10.1 Å². The molecule has 1 aliphatic rings. The highest BCUT2D eigenvalue weighted by Crippen LogP contribution is 2.38. The minimum absolute atomic E-state index is 0.0342. The first-order chi connectivity index (χ1) is 14.3. The molecule has 1 saturated carbocycles. The number of nitrogens with zero attached hydrogens (tertiary/aromatic N) is 3. The summed E-state index contributed by atoms with van der Waals surface area (Å²) in [7, 11) is 1.75. The minimum Gasteiger partial charge on any atom is -0.339 e. The molecule has 0 radical (unpaired) electrons. The molecule has 3 aromatic rings. The smallest absolute Gasteiger partial charge is 0.339 e. The van der Waals surface area contributed by atoms with Crippen LogP contribution in [-0.2, 0) is 6.18 Å². The molecule has 1 aliphatic carbocycles. The normalized spacial score (nSPS) is 15.5. The summed E-state index contributed by atoms with van der Waals surface area (Å²) >= 11 is 0. The lowest BCUT2D eigenvalue weighted by Gasteiger charge is -2.31. The van der Waals surface area contributed by atoms with Crippen LogP contribution in [0.2, 0.25) is 0 Å². The SMILES string of the molecule is Cc1noc2nc(-c3ccccc3C(F)(F)F)cc(C(=O)N(C)C3CCCCC3)c12. The number of rotatable bonds is 3. The number of aryl methyl sites for hydroxylation is 1. The van der Waals surface area contributed by atoms with E-state index in [0.717, 1.165) is 38.2 Å².